The first-order valence-electron chi connectivity index (χ1n) is 7.17. The van der Waals surface area contributed by atoms with Gasteiger partial charge in [0, 0.05) is 5.92 Å². The molecule has 0 aromatic rings. The summed E-state index contributed by atoms with van der Waals surface area (Å²) in [5.41, 5.74) is 1.55. The highest BCUT2D eigenvalue weighted by molar-refractivity contribution is 5.77. The molecule has 17 heavy (non-hydrogen) atoms. The third-order valence-corrected chi connectivity index (χ3v) is 4.38. The predicted octanol–water partition coefficient (Wildman–Crippen LogP) is 3.71. The maximum Gasteiger partial charge on any atom is 0.313 e. The first kappa shape index (κ1) is 12.7. The third-order valence-electron chi connectivity index (χ3n) is 4.38. The summed E-state index contributed by atoms with van der Waals surface area (Å²) in [4.78, 5) is 11.6. The smallest absolute Gasteiger partial charge is 0.313 e. The van der Waals surface area contributed by atoms with Gasteiger partial charge in [0.15, 0.2) is 0 Å². The molecule has 4 unspecified atom stereocenters. The van der Waals surface area contributed by atoms with Gasteiger partial charge in [-0.2, -0.15) is 0 Å². The number of carbonyl (C=O) groups is 1. The van der Waals surface area contributed by atoms with Crippen LogP contribution in [0.2, 0.25) is 0 Å². The minimum absolute atomic E-state index is 0.0176. The number of carbonyl (C=O) groups excluding carboxylic acids is 1. The minimum atomic E-state index is 0.0176. The van der Waals surface area contributed by atoms with Gasteiger partial charge in [0.25, 0.3) is 0 Å². The Bertz CT molecular complexity index is 319. The monoisotopic (exact) mass is 236 g/mol. The lowest BCUT2D eigenvalue weighted by Gasteiger charge is -2.34. The van der Waals surface area contributed by atoms with Crippen LogP contribution in [0.15, 0.2) is 11.6 Å². The van der Waals surface area contributed by atoms with Crippen molar-refractivity contribution in [1.29, 1.82) is 0 Å². The minimum Gasteiger partial charge on any atom is -0.462 e. The van der Waals surface area contributed by atoms with Crippen LogP contribution in [0.5, 0.6) is 0 Å². The van der Waals surface area contributed by atoms with Crippen LogP contribution in [0, 0.1) is 17.8 Å². The van der Waals surface area contributed by atoms with Crippen LogP contribution in [0.3, 0.4) is 0 Å². The van der Waals surface area contributed by atoms with Gasteiger partial charge >= 0.3 is 5.97 Å². The van der Waals surface area contributed by atoms with E-state index in [1.807, 2.05) is 20.8 Å². The van der Waals surface area contributed by atoms with E-state index < -0.39 is 0 Å². The van der Waals surface area contributed by atoms with Crippen molar-refractivity contribution in [3.63, 3.8) is 0 Å². The maximum atomic E-state index is 11.6. The Morgan fingerprint density at radius 3 is 2.82 bits per heavy atom. The highest BCUT2D eigenvalue weighted by Crippen LogP contribution is 2.45. The molecule has 0 aromatic heterocycles. The third kappa shape index (κ3) is 2.27. The van der Waals surface area contributed by atoms with E-state index in [2.05, 4.69) is 6.08 Å². The van der Waals surface area contributed by atoms with E-state index in [9.17, 15) is 4.79 Å². The molecule has 2 nitrogen and oxygen atoms in total. The van der Waals surface area contributed by atoms with Crippen molar-refractivity contribution < 1.29 is 9.53 Å². The second kappa shape index (κ2) is 5.24. The second-order valence-corrected chi connectivity index (χ2v) is 5.25. The van der Waals surface area contributed by atoms with Crippen LogP contribution in [-0.2, 0) is 9.53 Å². The number of rotatable bonds is 0. The Morgan fingerprint density at radius 1 is 1.29 bits per heavy atom. The van der Waals surface area contributed by atoms with Gasteiger partial charge in [-0.1, -0.05) is 31.9 Å². The number of ether oxygens (including phenoxy) is 1. The van der Waals surface area contributed by atoms with Gasteiger partial charge in [-0.15, -0.1) is 0 Å². The summed E-state index contributed by atoms with van der Waals surface area (Å²) < 4.78 is 5.33. The fourth-order valence-corrected chi connectivity index (χ4v) is 3.50. The lowest BCUT2D eigenvalue weighted by molar-refractivity contribution is -0.142. The van der Waals surface area contributed by atoms with E-state index in [4.69, 9.17) is 4.74 Å². The molecule has 0 spiro atoms. The van der Waals surface area contributed by atoms with E-state index in [-0.39, 0.29) is 18.0 Å². The lowest BCUT2D eigenvalue weighted by Crippen LogP contribution is -2.28. The maximum absolute atomic E-state index is 11.6. The molecule has 96 valence electrons. The van der Waals surface area contributed by atoms with E-state index in [1.165, 1.54) is 32.1 Å². The number of allylic oxidation sites excluding steroid dienone is 1. The molecule has 0 bridgehead atoms. The molecule has 0 amide bonds. The topological polar surface area (TPSA) is 26.3 Å². The first-order chi connectivity index (χ1) is 8.25. The van der Waals surface area contributed by atoms with Crippen molar-refractivity contribution in [2.45, 2.75) is 59.0 Å². The fraction of sp³-hybridized carbons (Fsp3) is 0.800. The summed E-state index contributed by atoms with van der Waals surface area (Å²) in [5.74, 6) is 1.33. The van der Waals surface area contributed by atoms with Gasteiger partial charge in [-0.3, -0.25) is 4.79 Å². The Balaban J connectivity index is 0.000000514. The van der Waals surface area contributed by atoms with Crippen LogP contribution < -0.4 is 0 Å². The normalized spacial score (nSPS) is 39.2. The average molecular weight is 236 g/mol. The molecular formula is C15H24O2. The summed E-state index contributed by atoms with van der Waals surface area (Å²) in [6.07, 6.45) is 8.79. The second-order valence-electron chi connectivity index (χ2n) is 5.25. The van der Waals surface area contributed by atoms with Crippen molar-refractivity contribution in [3.8, 4) is 0 Å². The first-order valence-corrected chi connectivity index (χ1v) is 7.17. The Hall–Kier alpha value is -0.790. The molecule has 0 aromatic carbocycles. The molecule has 1 saturated heterocycles. The molecule has 1 heterocycles. The Labute approximate surface area is 104 Å². The molecule has 3 aliphatic rings. The van der Waals surface area contributed by atoms with Crippen molar-refractivity contribution >= 4 is 5.97 Å². The summed E-state index contributed by atoms with van der Waals surface area (Å²) in [7, 11) is 0. The zero-order valence-corrected chi connectivity index (χ0v) is 11.2. The predicted molar refractivity (Wildman–Crippen MR) is 68.5 cm³/mol. The molecule has 3 rings (SSSR count). The van der Waals surface area contributed by atoms with Crippen molar-refractivity contribution in [2.75, 3.05) is 0 Å². The quantitative estimate of drug-likeness (QED) is 0.473. The van der Waals surface area contributed by atoms with Crippen LogP contribution in [0.4, 0.5) is 0 Å². The van der Waals surface area contributed by atoms with Crippen molar-refractivity contribution in [2.24, 2.45) is 17.8 Å². The molecule has 4 atom stereocenters. The highest BCUT2D eigenvalue weighted by atomic mass is 16.6. The summed E-state index contributed by atoms with van der Waals surface area (Å²) >= 11 is 0. The molecule has 1 aliphatic heterocycles. The standard InChI is InChI=1S/C13H18O2.C2H6/c1-8-11-6-9-4-2-3-5-10(9)7-12(11)13(14)15-8;1-2/h7-9,11-12H,2-6H2,1H3;1-2H3. The zero-order chi connectivity index (χ0) is 12.4. The van der Waals surface area contributed by atoms with Crippen molar-refractivity contribution in [3.05, 3.63) is 11.6 Å². The molecule has 0 radical (unpaired) electrons. The summed E-state index contributed by atoms with van der Waals surface area (Å²) in [5, 5.41) is 0. The largest absolute Gasteiger partial charge is 0.462 e. The number of fused-ring (bicyclic) bond motifs is 2. The number of hydrogen-bond acceptors (Lipinski definition) is 2. The fourth-order valence-electron chi connectivity index (χ4n) is 3.50. The van der Waals surface area contributed by atoms with E-state index >= 15 is 0 Å². The van der Waals surface area contributed by atoms with Gasteiger partial charge < -0.3 is 4.74 Å². The van der Waals surface area contributed by atoms with Gasteiger partial charge in [0.05, 0.1) is 5.92 Å². The van der Waals surface area contributed by atoms with Crippen molar-refractivity contribution in [1.82, 2.24) is 0 Å². The molecule has 2 fully saturated rings. The summed E-state index contributed by atoms with van der Waals surface area (Å²) in [6.45, 7) is 6.05. The molecule has 2 aliphatic carbocycles. The summed E-state index contributed by atoms with van der Waals surface area (Å²) in [6, 6.07) is 0. The molecule has 2 heteroatoms. The van der Waals surface area contributed by atoms with Crippen LogP contribution in [-0.4, -0.2) is 12.1 Å². The van der Waals surface area contributed by atoms with Crippen LogP contribution >= 0.6 is 0 Å². The van der Waals surface area contributed by atoms with Crippen LogP contribution in [0.1, 0.15) is 52.9 Å². The molecular weight excluding hydrogens is 212 g/mol. The van der Waals surface area contributed by atoms with Gasteiger partial charge in [-0.25, -0.2) is 0 Å². The zero-order valence-electron chi connectivity index (χ0n) is 11.2. The van der Waals surface area contributed by atoms with E-state index in [0.717, 1.165) is 5.92 Å². The number of hydrogen-bond donors (Lipinski definition) is 0. The van der Waals surface area contributed by atoms with Gasteiger partial charge in [-0.05, 0) is 38.5 Å². The van der Waals surface area contributed by atoms with E-state index in [1.54, 1.807) is 5.57 Å². The van der Waals surface area contributed by atoms with Crippen LogP contribution in [0.25, 0.3) is 0 Å². The van der Waals surface area contributed by atoms with Gasteiger partial charge in [0.1, 0.15) is 6.10 Å². The Kier molecular flexibility index (Phi) is 3.90. The highest BCUT2D eigenvalue weighted by Gasteiger charge is 2.45. The number of cyclic esters (lactones) is 1. The lowest BCUT2D eigenvalue weighted by atomic mass is 9.69. The molecule has 0 N–H and O–H groups in total. The average Bonchev–Trinajstić information content (AvgIpc) is 2.65. The van der Waals surface area contributed by atoms with Gasteiger partial charge in [0.2, 0.25) is 0 Å². The van der Waals surface area contributed by atoms with E-state index in [0.29, 0.717) is 5.92 Å². The SMILES string of the molecule is CC.CC1OC(=O)C2C=C3CCCCC3CC12. The molecule has 1 saturated carbocycles. The Morgan fingerprint density at radius 2 is 2.06 bits per heavy atom. The number of esters is 1.